The van der Waals surface area contributed by atoms with Gasteiger partial charge in [-0.05, 0) is 32.0 Å². The van der Waals surface area contributed by atoms with E-state index >= 15 is 0 Å². The Morgan fingerprint density at radius 3 is 2.63 bits per heavy atom. The third-order valence-electron chi connectivity index (χ3n) is 7.04. The molecule has 3 aliphatic rings. The van der Waals surface area contributed by atoms with Gasteiger partial charge in [0.2, 0.25) is 29.7 Å². The molecule has 38 heavy (non-hydrogen) atoms. The van der Waals surface area contributed by atoms with Crippen molar-refractivity contribution in [3.05, 3.63) is 36.0 Å². The molecule has 2 aliphatic heterocycles. The largest absolute Gasteiger partial charge is 0.338 e. The molecule has 3 fully saturated rings. The van der Waals surface area contributed by atoms with Crippen molar-refractivity contribution < 1.29 is 13.6 Å². The zero-order valence-electron chi connectivity index (χ0n) is 20.9. The van der Waals surface area contributed by atoms with Gasteiger partial charge in [-0.2, -0.15) is 24.4 Å². The number of rotatable bonds is 7. The van der Waals surface area contributed by atoms with Crippen LogP contribution in [0.2, 0.25) is 0 Å². The van der Waals surface area contributed by atoms with Gasteiger partial charge in [-0.1, -0.05) is 0 Å². The van der Waals surface area contributed by atoms with Gasteiger partial charge in [0.25, 0.3) is 0 Å². The quantitative estimate of drug-likeness (QED) is 0.394. The second-order valence-corrected chi connectivity index (χ2v) is 10.0. The monoisotopic (exact) mass is 525 g/mol. The van der Waals surface area contributed by atoms with E-state index < -0.39 is 24.1 Å². The number of aromatic amines is 1. The molecule has 14 heteroatoms. The van der Waals surface area contributed by atoms with Crippen LogP contribution in [0.1, 0.15) is 30.9 Å². The first-order valence-corrected chi connectivity index (χ1v) is 12.8. The Hall–Kier alpha value is -3.94. The van der Waals surface area contributed by atoms with Gasteiger partial charge in [-0.15, -0.1) is 0 Å². The smallest absolute Gasteiger partial charge is 0.247 e. The third-order valence-corrected chi connectivity index (χ3v) is 7.04. The molecule has 3 aromatic heterocycles. The van der Waals surface area contributed by atoms with Crippen LogP contribution in [0.5, 0.6) is 0 Å². The molecule has 0 radical (unpaired) electrons. The molecule has 2 atom stereocenters. The average molecular weight is 526 g/mol. The summed E-state index contributed by atoms with van der Waals surface area (Å²) >= 11 is 0. The summed E-state index contributed by atoms with van der Waals surface area (Å²) in [5, 5.41) is 13.2. The van der Waals surface area contributed by atoms with Gasteiger partial charge in [-0.3, -0.25) is 9.89 Å². The molecule has 1 amide bonds. The normalized spacial score (nSPS) is 22.1. The summed E-state index contributed by atoms with van der Waals surface area (Å²) in [6, 6.07) is 3.63. The van der Waals surface area contributed by atoms with E-state index in [0.717, 1.165) is 50.8 Å². The number of halogens is 2. The molecule has 3 aromatic rings. The number of alkyl halides is 1. The molecule has 0 unspecified atom stereocenters. The topological polar surface area (TPSA) is 131 Å². The lowest BCUT2D eigenvalue weighted by Crippen LogP contribution is -2.45. The van der Waals surface area contributed by atoms with Crippen LogP contribution in [0.3, 0.4) is 0 Å². The lowest BCUT2D eigenvalue weighted by atomic mass is 10.2. The van der Waals surface area contributed by atoms with Crippen LogP contribution in [0.4, 0.5) is 38.1 Å². The van der Waals surface area contributed by atoms with E-state index in [1.807, 2.05) is 6.07 Å². The maximum Gasteiger partial charge on any atom is 0.247 e. The number of carbonyl (C=O) groups excluding carboxylic acids is 1. The number of hydrogen-bond donors (Lipinski definition) is 3. The molecular formula is C24H29F2N11O. The summed E-state index contributed by atoms with van der Waals surface area (Å²) in [6.45, 7) is 3.11. The minimum absolute atomic E-state index is 0.0238. The van der Waals surface area contributed by atoms with E-state index in [2.05, 4.69) is 57.6 Å². The lowest BCUT2D eigenvalue weighted by Gasteiger charge is -2.33. The highest BCUT2D eigenvalue weighted by Crippen LogP contribution is 2.39. The number of piperazine rings is 1. The number of amides is 1. The zero-order valence-corrected chi connectivity index (χ0v) is 20.9. The van der Waals surface area contributed by atoms with Gasteiger partial charge in [0.1, 0.15) is 18.0 Å². The summed E-state index contributed by atoms with van der Waals surface area (Å²) in [6.07, 6.45) is 2.21. The first-order valence-electron chi connectivity index (χ1n) is 12.8. The highest BCUT2D eigenvalue weighted by Gasteiger charge is 2.39. The van der Waals surface area contributed by atoms with Crippen molar-refractivity contribution in [3.8, 4) is 0 Å². The molecule has 6 rings (SSSR count). The van der Waals surface area contributed by atoms with Crippen molar-refractivity contribution in [3.63, 3.8) is 0 Å². The Bertz CT molecular complexity index is 1290. The molecule has 0 aromatic carbocycles. The maximum atomic E-state index is 14.7. The van der Waals surface area contributed by atoms with E-state index in [9.17, 15) is 13.6 Å². The Balaban J connectivity index is 1.28. The average Bonchev–Trinajstić information content (AvgIpc) is 3.53. The third kappa shape index (κ3) is 5.35. The molecule has 0 bridgehead atoms. The molecule has 2 saturated heterocycles. The number of carbonyl (C=O) groups is 1. The van der Waals surface area contributed by atoms with Gasteiger partial charge in [0.05, 0.1) is 24.1 Å². The molecule has 1 aliphatic carbocycles. The summed E-state index contributed by atoms with van der Waals surface area (Å²) in [5.74, 6) is 0.969. The van der Waals surface area contributed by atoms with E-state index in [1.54, 1.807) is 4.90 Å². The number of H-pyrrole nitrogens is 1. The summed E-state index contributed by atoms with van der Waals surface area (Å²) in [7, 11) is 2.06. The first-order chi connectivity index (χ1) is 18.4. The van der Waals surface area contributed by atoms with Crippen LogP contribution in [-0.2, 0) is 4.79 Å². The van der Waals surface area contributed by atoms with Gasteiger partial charge >= 0.3 is 0 Å². The van der Waals surface area contributed by atoms with Crippen LogP contribution in [0.25, 0.3) is 0 Å². The molecule has 3 N–H and O–H groups in total. The number of nitrogens with one attached hydrogen (secondary N) is 3. The molecule has 1 saturated carbocycles. The standard InChI is InChI=1S/C24H29F2N11O/c1-35-6-8-36(9-7-35)23-30-22(29-20-11-17(33-34-20)14-2-3-14)31-24(32-23)37-13-15(25)10-18(37)21(38)28-16-4-5-19(26)27-12-16/h4-5,11-12,14-15,18H,2-3,6-10,13H2,1H3,(H,28,38)(H2,29,30,31,32,33,34)/t15-,18+/m1/s1. The summed E-state index contributed by atoms with van der Waals surface area (Å²) in [5.41, 5.74) is 1.31. The predicted octanol–water partition coefficient (Wildman–Crippen LogP) is 2.06. The van der Waals surface area contributed by atoms with E-state index in [0.29, 0.717) is 23.4 Å². The van der Waals surface area contributed by atoms with E-state index in [1.165, 1.54) is 12.3 Å². The Kier molecular flexibility index (Phi) is 6.47. The van der Waals surface area contributed by atoms with Crippen molar-refractivity contribution in [1.82, 2.24) is 35.0 Å². The van der Waals surface area contributed by atoms with Crippen molar-refractivity contribution in [2.24, 2.45) is 0 Å². The van der Waals surface area contributed by atoms with Crippen LogP contribution in [-0.4, -0.2) is 92.9 Å². The van der Waals surface area contributed by atoms with Crippen molar-refractivity contribution >= 4 is 35.3 Å². The Morgan fingerprint density at radius 2 is 1.89 bits per heavy atom. The van der Waals surface area contributed by atoms with Gasteiger partial charge in [-0.25, -0.2) is 9.37 Å². The number of likely N-dealkylation sites (N-methyl/N-ethyl adjacent to an activating group) is 1. The van der Waals surface area contributed by atoms with Crippen LogP contribution in [0.15, 0.2) is 24.4 Å². The Labute approximate surface area is 217 Å². The van der Waals surface area contributed by atoms with Crippen molar-refractivity contribution in [1.29, 1.82) is 0 Å². The SMILES string of the molecule is CN1CCN(c2nc(Nc3cc(C4CC4)n[nH]3)nc(N3C[C@H](F)C[C@H]3C(=O)Nc3ccc(F)nc3)n2)CC1. The minimum atomic E-state index is -1.24. The van der Waals surface area contributed by atoms with Crippen molar-refractivity contribution in [2.45, 2.75) is 37.4 Å². The predicted molar refractivity (Wildman–Crippen MR) is 137 cm³/mol. The molecule has 0 spiro atoms. The molecule has 5 heterocycles. The second kappa shape index (κ2) is 10.1. The summed E-state index contributed by atoms with van der Waals surface area (Å²) in [4.78, 5) is 36.4. The van der Waals surface area contributed by atoms with E-state index in [-0.39, 0.29) is 24.9 Å². The lowest BCUT2D eigenvalue weighted by molar-refractivity contribution is -0.117. The second-order valence-electron chi connectivity index (χ2n) is 10.0. The van der Waals surface area contributed by atoms with Gasteiger partial charge < -0.3 is 25.3 Å². The zero-order chi connectivity index (χ0) is 26.2. The summed E-state index contributed by atoms with van der Waals surface area (Å²) < 4.78 is 27.9. The highest BCUT2D eigenvalue weighted by molar-refractivity contribution is 5.97. The maximum absolute atomic E-state index is 14.7. The number of nitrogens with zero attached hydrogens (tertiary/aromatic N) is 8. The highest BCUT2D eigenvalue weighted by atomic mass is 19.1. The molecule has 12 nitrogen and oxygen atoms in total. The van der Waals surface area contributed by atoms with Gasteiger partial charge in [0, 0.05) is 44.6 Å². The number of pyridine rings is 1. The number of anilines is 5. The number of aromatic nitrogens is 6. The first kappa shape index (κ1) is 24.4. The minimum Gasteiger partial charge on any atom is -0.338 e. The fraction of sp³-hybridized carbons (Fsp3) is 0.500. The molecule has 200 valence electrons. The van der Waals surface area contributed by atoms with E-state index in [4.69, 9.17) is 0 Å². The van der Waals surface area contributed by atoms with Crippen LogP contribution >= 0.6 is 0 Å². The van der Waals surface area contributed by atoms with Gasteiger partial charge in [0.15, 0.2) is 0 Å². The fourth-order valence-electron chi connectivity index (χ4n) is 4.73. The fourth-order valence-corrected chi connectivity index (χ4v) is 4.73. The molecular weight excluding hydrogens is 496 g/mol. The van der Waals surface area contributed by atoms with Crippen LogP contribution in [0, 0.1) is 5.95 Å². The van der Waals surface area contributed by atoms with Crippen LogP contribution < -0.4 is 20.4 Å². The Morgan fingerprint density at radius 1 is 1.11 bits per heavy atom. The van der Waals surface area contributed by atoms with Crippen molar-refractivity contribution in [2.75, 3.05) is 60.2 Å². The number of hydrogen-bond acceptors (Lipinski definition) is 10.